The number of ether oxygens (including phenoxy) is 3. The Kier molecular flexibility index (Phi) is 14.1. The normalized spacial score (nSPS) is 11.4. The van der Waals surface area contributed by atoms with Gasteiger partial charge in [-0.2, -0.15) is 13.2 Å². The molecule has 0 fully saturated rings. The van der Waals surface area contributed by atoms with Gasteiger partial charge in [-0.3, -0.25) is 14.4 Å². The van der Waals surface area contributed by atoms with Crippen molar-refractivity contribution in [1.82, 2.24) is 16.1 Å². The molecule has 2 amide bonds. The van der Waals surface area contributed by atoms with Gasteiger partial charge in [0.1, 0.15) is 17.8 Å². The molecule has 1 atom stereocenters. The zero-order chi connectivity index (χ0) is 31.0. The highest BCUT2D eigenvalue weighted by atomic mass is 19.4. The Hall–Kier alpha value is -4.86. The molecule has 41 heavy (non-hydrogen) atoms. The number of aliphatic imine (C=N–C) groups is 1. The third kappa shape index (κ3) is 12.7. The summed E-state index contributed by atoms with van der Waals surface area (Å²) in [4.78, 5) is 50.2. The number of carbonyl (C=O) groups excluding carboxylic acids is 3. The number of esters is 1. The number of methoxy groups -OCH3 is 2. The number of benzene rings is 2. The van der Waals surface area contributed by atoms with Crippen LogP contribution in [0.3, 0.4) is 0 Å². The number of hydrazine groups is 1. The van der Waals surface area contributed by atoms with Gasteiger partial charge in [-0.25, -0.2) is 15.6 Å². The molecule has 0 aliphatic rings. The summed E-state index contributed by atoms with van der Waals surface area (Å²) in [5, 5.41) is 12.4. The maximum absolute atomic E-state index is 12.6. The van der Waals surface area contributed by atoms with Crippen LogP contribution >= 0.6 is 0 Å². The Balaban J connectivity index is 0.00000106. The van der Waals surface area contributed by atoms with Gasteiger partial charge in [0.15, 0.2) is 0 Å². The van der Waals surface area contributed by atoms with E-state index >= 15 is 0 Å². The summed E-state index contributed by atoms with van der Waals surface area (Å²) in [6.45, 7) is 1.60. The zero-order valence-corrected chi connectivity index (χ0v) is 22.3. The molecule has 0 aliphatic carbocycles. The van der Waals surface area contributed by atoms with Crippen molar-refractivity contribution in [2.24, 2.45) is 10.8 Å². The van der Waals surface area contributed by atoms with Crippen LogP contribution in [-0.2, 0) is 19.1 Å². The van der Waals surface area contributed by atoms with Crippen LogP contribution in [0.2, 0.25) is 0 Å². The van der Waals surface area contributed by atoms with Crippen molar-refractivity contribution in [3.05, 3.63) is 53.6 Å². The van der Waals surface area contributed by atoms with E-state index in [1.54, 1.807) is 49.4 Å². The molecular formula is C25H30F3N5O8. The Bertz CT molecular complexity index is 1200. The van der Waals surface area contributed by atoms with E-state index < -0.39 is 36.0 Å². The maximum atomic E-state index is 12.6. The van der Waals surface area contributed by atoms with Crippen LogP contribution < -0.4 is 31.4 Å². The van der Waals surface area contributed by atoms with E-state index in [1.807, 2.05) is 0 Å². The first-order valence-electron chi connectivity index (χ1n) is 11.7. The number of nitrogens with two attached hydrogens (primary N) is 1. The Labute approximate surface area is 232 Å². The van der Waals surface area contributed by atoms with Crippen molar-refractivity contribution in [2.45, 2.75) is 25.6 Å². The fourth-order valence-corrected chi connectivity index (χ4v) is 3.02. The van der Waals surface area contributed by atoms with Crippen molar-refractivity contribution in [1.29, 1.82) is 0 Å². The number of hydrogen-bond donors (Lipinski definition) is 5. The first-order chi connectivity index (χ1) is 19.3. The van der Waals surface area contributed by atoms with E-state index in [0.717, 1.165) is 0 Å². The average molecular weight is 586 g/mol. The molecule has 2 aromatic carbocycles. The second kappa shape index (κ2) is 17.0. The summed E-state index contributed by atoms with van der Waals surface area (Å²) in [7, 11) is 3.00. The summed E-state index contributed by atoms with van der Waals surface area (Å²) in [5.41, 5.74) is 3.69. The van der Waals surface area contributed by atoms with Crippen LogP contribution in [0.5, 0.6) is 11.5 Å². The predicted molar refractivity (Wildman–Crippen MR) is 140 cm³/mol. The van der Waals surface area contributed by atoms with Gasteiger partial charge in [0, 0.05) is 11.6 Å². The molecule has 16 heteroatoms. The number of hydrogen-bond acceptors (Lipinski definition) is 9. The second-order valence-electron chi connectivity index (χ2n) is 7.74. The number of carboxylic acid groups (broad SMARTS) is 1. The quantitative estimate of drug-likeness (QED) is 0.0810. The molecular weight excluding hydrogens is 555 g/mol. The molecule has 0 radical (unpaired) electrons. The van der Waals surface area contributed by atoms with Crippen LogP contribution in [0.15, 0.2) is 47.5 Å². The van der Waals surface area contributed by atoms with E-state index in [4.69, 9.17) is 30.0 Å². The third-order valence-corrected chi connectivity index (χ3v) is 4.84. The number of carboxylic acids is 1. The van der Waals surface area contributed by atoms with Crippen LogP contribution in [0.4, 0.5) is 18.9 Å². The number of nitrogens with zero attached hydrogens (tertiary/aromatic N) is 1. The topological polar surface area (TPSA) is 191 Å². The summed E-state index contributed by atoms with van der Waals surface area (Å²) >= 11 is 0. The van der Waals surface area contributed by atoms with E-state index in [-0.39, 0.29) is 19.6 Å². The molecule has 0 aliphatic heterocycles. The summed E-state index contributed by atoms with van der Waals surface area (Å²) in [5.74, 6) is 1.95. The highest BCUT2D eigenvalue weighted by Crippen LogP contribution is 2.28. The Morgan fingerprint density at radius 1 is 1.07 bits per heavy atom. The Morgan fingerprint density at radius 2 is 1.68 bits per heavy atom. The number of carbonyl (C=O) groups is 4. The highest BCUT2D eigenvalue weighted by molar-refractivity contribution is 5.97. The summed E-state index contributed by atoms with van der Waals surface area (Å²) in [6, 6.07) is 10.8. The second-order valence-corrected chi connectivity index (χ2v) is 7.74. The molecule has 224 valence electrons. The fourth-order valence-electron chi connectivity index (χ4n) is 3.02. The first kappa shape index (κ1) is 34.2. The molecule has 2 aromatic rings. The van der Waals surface area contributed by atoms with E-state index in [9.17, 15) is 27.6 Å². The monoisotopic (exact) mass is 585 g/mol. The van der Waals surface area contributed by atoms with Gasteiger partial charge in [-0.1, -0.05) is 6.07 Å². The van der Waals surface area contributed by atoms with Gasteiger partial charge in [-0.15, -0.1) is 0 Å². The van der Waals surface area contributed by atoms with Gasteiger partial charge in [0.2, 0.25) is 5.91 Å². The number of amides is 2. The van der Waals surface area contributed by atoms with Crippen molar-refractivity contribution < 1.29 is 51.7 Å². The van der Waals surface area contributed by atoms with Crippen molar-refractivity contribution in [3.63, 3.8) is 0 Å². The molecule has 6 N–H and O–H groups in total. The van der Waals surface area contributed by atoms with E-state index in [0.29, 0.717) is 28.3 Å². The van der Waals surface area contributed by atoms with Gasteiger partial charge >= 0.3 is 18.1 Å². The lowest BCUT2D eigenvalue weighted by Crippen LogP contribution is -2.39. The molecule has 0 bridgehead atoms. The molecule has 1 unspecified atom stereocenters. The van der Waals surface area contributed by atoms with Crippen LogP contribution in [0.25, 0.3) is 0 Å². The number of alkyl halides is 3. The van der Waals surface area contributed by atoms with Crippen LogP contribution in [0.1, 0.15) is 35.3 Å². The summed E-state index contributed by atoms with van der Waals surface area (Å²) < 4.78 is 47.3. The smallest absolute Gasteiger partial charge is 0.490 e. The fraction of sp³-hybridized carbons (Fsp3) is 0.320. The minimum atomic E-state index is -5.08. The lowest BCUT2D eigenvalue weighted by atomic mass is 10.0. The minimum absolute atomic E-state index is 0.112. The molecule has 0 spiro atoms. The van der Waals surface area contributed by atoms with Gasteiger partial charge in [0.05, 0.1) is 45.5 Å². The maximum Gasteiger partial charge on any atom is 0.490 e. The predicted octanol–water partition coefficient (Wildman–Crippen LogP) is 2.00. The Morgan fingerprint density at radius 3 is 2.20 bits per heavy atom. The SMILES string of the molecule is CCOC(=O)CC(NC(=O)CNC(=O)c1cccc(N=CNN)c1)c1cc(OC)cc(OC)c1.O=C(O)C(F)(F)F. The largest absolute Gasteiger partial charge is 0.497 e. The molecule has 0 aromatic heterocycles. The minimum Gasteiger partial charge on any atom is -0.497 e. The number of halogens is 3. The van der Waals surface area contributed by atoms with E-state index in [1.165, 1.54) is 20.6 Å². The molecule has 13 nitrogen and oxygen atoms in total. The van der Waals surface area contributed by atoms with Gasteiger partial charge < -0.3 is 35.4 Å². The van der Waals surface area contributed by atoms with Gasteiger partial charge in [0.25, 0.3) is 5.91 Å². The van der Waals surface area contributed by atoms with E-state index in [2.05, 4.69) is 21.1 Å². The lowest BCUT2D eigenvalue weighted by Gasteiger charge is -2.20. The first-order valence-corrected chi connectivity index (χ1v) is 11.7. The zero-order valence-electron chi connectivity index (χ0n) is 22.3. The van der Waals surface area contributed by atoms with Gasteiger partial charge in [-0.05, 0) is 42.8 Å². The van der Waals surface area contributed by atoms with Crippen molar-refractivity contribution in [2.75, 3.05) is 27.4 Å². The number of aliphatic carboxylic acids is 1. The lowest BCUT2D eigenvalue weighted by molar-refractivity contribution is -0.192. The third-order valence-electron chi connectivity index (χ3n) is 4.84. The average Bonchev–Trinajstić information content (AvgIpc) is 2.94. The highest BCUT2D eigenvalue weighted by Gasteiger charge is 2.38. The van der Waals surface area contributed by atoms with Crippen LogP contribution in [0, 0.1) is 0 Å². The molecule has 0 heterocycles. The number of rotatable bonds is 12. The molecule has 0 saturated heterocycles. The van der Waals surface area contributed by atoms with Crippen molar-refractivity contribution >= 4 is 35.8 Å². The standard InChI is InChI=1S/C23H29N5O6.C2HF3O2/c1-4-34-22(30)12-20(16-9-18(32-2)11-19(10-16)33-3)28-21(29)13-25-23(31)15-6-5-7-17(8-15)26-14-27-24;3-2(4,5)1(6)7/h5-11,14,20H,4,12-13,24H2,1-3H3,(H,25,31)(H,26,27)(H,28,29);(H,6,7). The molecule has 0 saturated carbocycles. The van der Waals surface area contributed by atoms with Crippen molar-refractivity contribution in [3.8, 4) is 11.5 Å². The summed E-state index contributed by atoms with van der Waals surface area (Å²) in [6.07, 6.45) is -3.92. The number of nitrogens with one attached hydrogen (secondary N) is 3. The molecule has 2 rings (SSSR count). The van der Waals surface area contributed by atoms with Crippen LogP contribution in [-0.4, -0.2) is 68.7 Å².